The van der Waals surface area contributed by atoms with Crippen LogP contribution in [0, 0.1) is 11.7 Å². The van der Waals surface area contributed by atoms with Crippen LogP contribution in [0.1, 0.15) is 40.3 Å². The molecule has 0 spiro atoms. The lowest BCUT2D eigenvalue weighted by atomic mass is 10.1. The number of aliphatic hydroxyl groups excluding tert-OH is 1. The van der Waals surface area contributed by atoms with Gasteiger partial charge in [-0.1, -0.05) is 26.0 Å². The van der Waals surface area contributed by atoms with Gasteiger partial charge < -0.3 is 10.4 Å². The van der Waals surface area contributed by atoms with E-state index < -0.39 is 21.4 Å². The second-order valence-electron chi connectivity index (χ2n) is 8.71. The van der Waals surface area contributed by atoms with E-state index >= 15 is 0 Å². The van der Waals surface area contributed by atoms with Gasteiger partial charge in [-0.15, -0.1) is 0 Å². The van der Waals surface area contributed by atoms with Crippen LogP contribution in [0.2, 0.25) is 0 Å². The fraction of sp³-hybridized carbons (Fsp3) is 0.500. The average Bonchev–Trinajstić information content (AvgIpc) is 2.68. The van der Waals surface area contributed by atoms with Gasteiger partial charge in [0.15, 0.2) is 0 Å². The summed E-state index contributed by atoms with van der Waals surface area (Å²) >= 11 is 0. The van der Waals surface area contributed by atoms with Crippen molar-refractivity contribution in [2.24, 2.45) is 5.92 Å². The van der Waals surface area contributed by atoms with Crippen LogP contribution in [-0.2, 0) is 16.6 Å². The molecule has 0 saturated carbocycles. The summed E-state index contributed by atoms with van der Waals surface area (Å²) in [5, 5.41) is 12.6. The highest BCUT2D eigenvalue weighted by Crippen LogP contribution is 2.26. The number of aliphatic hydroxyl groups is 1. The molecule has 0 bridgehead atoms. The molecule has 0 amide bonds. The molecule has 0 radical (unpaired) electrons. The zero-order valence-electron chi connectivity index (χ0n) is 18.5. The minimum Gasteiger partial charge on any atom is -0.395 e. The van der Waals surface area contributed by atoms with E-state index in [0.29, 0.717) is 11.3 Å². The Labute approximate surface area is 179 Å². The zero-order chi connectivity index (χ0) is 22.7. The lowest BCUT2D eigenvalue weighted by Gasteiger charge is -2.31. The fourth-order valence-corrected chi connectivity index (χ4v) is 4.41. The molecular weight excluding hydrogens is 405 g/mol. The van der Waals surface area contributed by atoms with Crippen molar-refractivity contribution in [1.29, 1.82) is 0 Å². The highest BCUT2D eigenvalue weighted by atomic mass is 32.2. The van der Waals surface area contributed by atoms with Crippen LogP contribution in [0.5, 0.6) is 0 Å². The topological polar surface area (TPSA) is 82.5 Å². The van der Waals surface area contributed by atoms with E-state index in [1.165, 1.54) is 16.4 Å². The molecule has 0 fully saturated rings. The first kappa shape index (κ1) is 24.4. The van der Waals surface area contributed by atoms with Gasteiger partial charge in [0.1, 0.15) is 5.82 Å². The third kappa shape index (κ3) is 5.63. The van der Waals surface area contributed by atoms with Gasteiger partial charge in [0, 0.05) is 30.7 Å². The monoisotopic (exact) mass is 437 g/mol. The summed E-state index contributed by atoms with van der Waals surface area (Å²) in [7, 11) is -2.14. The standard InChI is InChI=1S/C22H32FN3O3S/c1-15(2)21(14-27)24-13-20-18(23)10-11-19(25-20)16-8-7-9-17(12-16)30(28,29)26(6)22(3,4)5/h7-12,15,21,24,27H,13-14H2,1-6H3/t21-/m0/s1. The molecule has 0 saturated heterocycles. The molecule has 2 aromatic rings. The fourth-order valence-electron chi connectivity index (χ4n) is 2.84. The number of hydrogen-bond donors (Lipinski definition) is 2. The van der Waals surface area contributed by atoms with Gasteiger partial charge in [-0.05, 0) is 51.0 Å². The Morgan fingerprint density at radius 3 is 2.43 bits per heavy atom. The van der Waals surface area contributed by atoms with Gasteiger partial charge in [-0.3, -0.25) is 0 Å². The number of pyridine rings is 1. The van der Waals surface area contributed by atoms with Gasteiger partial charge in [0.25, 0.3) is 0 Å². The average molecular weight is 438 g/mol. The Balaban J connectivity index is 2.36. The largest absolute Gasteiger partial charge is 0.395 e. The summed E-state index contributed by atoms with van der Waals surface area (Å²) in [6, 6.07) is 9.19. The molecule has 2 rings (SSSR count). The van der Waals surface area contributed by atoms with Crippen molar-refractivity contribution in [3.63, 3.8) is 0 Å². The summed E-state index contributed by atoms with van der Waals surface area (Å²) in [6.07, 6.45) is 0. The van der Waals surface area contributed by atoms with Crippen molar-refractivity contribution in [1.82, 2.24) is 14.6 Å². The molecule has 8 heteroatoms. The second kappa shape index (κ2) is 9.51. The van der Waals surface area contributed by atoms with Crippen molar-refractivity contribution in [3.05, 3.63) is 47.9 Å². The Morgan fingerprint density at radius 2 is 1.87 bits per heavy atom. The molecule has 0 aliphatic heterocycles. The van der Waals surface area contributed by atoms with Crippen LogP contribution in [0.15, 0.2) is 41.3 Å². The number of sulfonamides is 1. The van der Waals surface area contributed by atoms with Crippen molar-refractivity contribution in [2.45, 2.75) is 57.6 Å². The van der Waals surface area contributed by atoms with Crippen molar-refractivity contribution in [2.75, 3.05) is 13.7 Å². The Bertz CT molecular complexity index is 972. The SMILES string of the molecule is CC(C)[C@H](CO)NCc1nc(-c2cccc(S(=O)(=O)N(C)C(C)(C)C)c2)ccc1F. The Kier molecular flexibility index (Phi) is 7.74. The highest BCUT2D eigenvalue weighted by molar-refractivity contribution is 7.89. The smallest absolute Gasteiger partial charge is 0.243 e. The molecule has 2 N–H and O–H groups in total. The number of halogens is 1. The summed E-state index contributed by atoms with van der Waals surface area (Å²) < 4.78 is 41.5. The van der Waals surface area contributed by atoms with Gasteiger partial charge in [-0.25, -0.2) is 17.8 Å². The van der Waals surface area contributed by atoms with E-state index in [4.69, 9.17) is 0 Å². The maximum absolute atomic E-state index is 14.3. The lowest BCUT2D eigenvalue weighted by Crippen LogP contribution is -2.42. The summed E-state index contributed by atoms with van der Waals surface area (Å²) in [5.74, 6) is -0.272. The molecule has 1 heterocycles. The number of nitrogens with one attached hydrogen (secondary N) is 1. The Hall–Kier alpha value is -1.87. The van der Waals surface area contributed by atoms with Crippen LogP contribution in [0.25, 0.3) is 11.3 Å². The van der Waals surface area contributed by atoms with E-state index in [9.17, 15) is 17.9 Å². The molecular formula is C22H32FN3O3S. The third-order valence-electron chi connectivity index (χ3n) is 5.18. The summed E-state index contributed by atoms with van der Waals surface area (Å²) in [5.41, 5.74) is 0.712. The van der Waals surface area contributed by atoms with Crippen LogP contribution in [-0.4, -0.2) is 48.0 Å². The van der Waals surface area contributed by atoms with Crippen molar-refractivity contribution >= 4 is 10.0 Å². The number of rotatable bonds is 8. The molecule has 166 valence electrons. The first-order valence-corrected chi connectivity index (χ1v) is 11.4. The lowest BCUT2D eigenvalue weighted by molar-refractivity contribution is 0.209. The summed E-state index contributed by atoms with van der Waals surface area (Å²) in [6.45, 7) is 9.52. The predicted octanol–water partition coefficient (Wildman–Crippen LogP) is 3.41. The second-order valence-corrected chi connectivity index (χ2v) is 10.7. The normalized spacial score (nSPS) is 13.8. The maximum Gasteiger partial charge on any atom is 0.243 e. The Morgan fingerprint density at radius 1 is 1.20 bits per heavy atom. The molecule has 0 aliphatic carbocycles. The molecule has 1 aromatic heterocycles. The molecule has 0 unspecified atom stereocenters. The van der Waals surface area contributed by atoms with E-state index in [2.05, 4.69) is 10.3 Å². The molecule has 30 heavy (non-hydrogen) atoms. The molecule has 6 nitrogen and oxygen atoms in total. The first-order valence-electron chi connectivity index (χ1n) is 9.97. The van der Waals surface area contributed by atoms with Crippen LogP contribution in [0.3, 0.4) is 0 Å². The molecule has 1 aromatic carbocycles. The van der Waals surface area contributed by atoms with Crippen LogP contribution in [0.4, 0.5) is 4.39 Å². The van der Waals surface area contributed by atoms with Crippen LogP contribution >= 0.6 is 0 Å². The predicted molar refractivity (Wildman–Crippen MR) is 117 cm³/mol. The highest BCUT2D eigenvalue weighted by Gasteiger charge is 2.30. The number of nitrogens with zero attached hydrogens (tertiary/aromatic N) is 2. The molecule has 0 aliphatic rings. The van der Waals surface area contributed by atoms with E-state index in [-0.39, 0.29) is 35.7 Å². The minimum absolute atomic E-state index is 0.0554. The van der Waals surface area contributed by atoms with Gasteiger partial charge >= 0.3 is 0 Å². The first-order chi connectivity index (χ1) is 13.9. The van der Waals surface area contributed by atoms with Gasteiger partial charge in [0.05, 0.1) is 22.9 Å². The van der Waals surface area contributed by atoms with Crippen LogP contribution < -0.4 is 5.32 Å². The van der Waals surface area contributed by atoms with E-state index in [1.807, 2.05) is 34.6 Å². The summed E-state index contributed by atoms with van der Waals surface area (Å²) in [4.78, 5) is 4.55. The number of hydrogen-bond acceptors (Lipinski definition) is 5. The van der Waals surface area contributed by atoms with Crippen molar-refractivity contribution in [3.8, 4) is 11.3 Å². The van der Waals surface area contributed by atoms with E-state index in [1.54, 1.807) is 31.3 Å². The maximum atomic E-state index is 14.3. The third-order valence-corrected chi connectivity index (χ3v) is 7.30. The van der Waals surface area contributed by atoms with Gasteiger partial charge in [0.2, 0.25) is 10.0 Å². The van der Waals surface area contributed by atoms with Gasteiger partial charge in [-0.2, -0.15) is 4.31 Å². The zero-order valence-corrected chi connectivity index (χ0v) is 19.3. The van der Waals surface area contributed by atoms with Crippen molar-refractivity contribution < 1.29 is 17.9 Å². The number of aromatic nitrogens is 1. The van der Waals surface area contributed by atoms with E-state index in [0.717, 1.165) is 0 Å². The minimum atomic E-state index is -3.69. The quantitative estimate of drug-likeness (QED) is 0.661. The number of benzene rings is 1. The molecule has 1 atom stereocenters.